The minimum absolute atomic E-state index is 0.392. The van der Waals surface area contributed by atoms with Gasteiger partial charge in [-0.15, -0.1) is 0 Å². The lowest BCUT2D eigenvalue weighted by atomic mass is 10.1. The van der Waals surface area contributed by atoms with Gasteiger partial charge in [-0.1, -0.05) is 29.8 Å². The zero-order valence-electron chi connectivity index (χ0n) is 9.76. The molecular formula is C13H15N3O. The van der Waals surface area contributed by atoms with E-state index in [1.807, 2.05) is 12.1 Å². The van der Waals surface area contributed by atoms with Crippen molar-refractivity contribution < 1.29 is 4.74 Å². The molecule has 0 amide bonds. The summed E-state index contributed by atoms with van der Waals surface area (Å²) in [4.78, 5) is 8.05. The summed E-state index contributed by atoms with van der Waals surface area (Å²) in [5.74, 6) is 0.557. The van der Waals surface area contributed by atoms with E-state index in [0.717, 1.165) is 11.3 Å². The van der Waals surface area contributed by atoms with Crippen LogP contribution in [0.3, 0.4) is 0 Å². The molecule has 0 aliphatic heterocycles. The molecule has 0 saturated heterocycles. The van der Waals surface area contributed by atoms with E-state index in [-0.39, 0.29) is 0 Å². The van der Waals surface area contributed by atoms with Crippen LogP contribution in [-0.2, 0) is 13.2 Å². The molecule has 1 aromatic heterocycles. The molecule has 0 unspecified atom stereocenters. The van der Waals surface area contributed by atoms with Crippen molar-refractivity contribution >= 4 is 0 Å². The first kappa shape index (κ1) is 11.5. The van der Waals surface area contributed by atoms with Crippen molar-refractivity contribution in [1.82, 2.24) is 9.97 Å². The lowest BCUT2D eigenvalue weighted by molar-refractivity contribution is 0.292. The van der Waals surface area contributed by atoms with E-state index in [1.54, 1.807) is 6.07 Å². The van der Waals surface area contributed by atoms with Gasteiger partial charge in [-0.25, -0.2) is 9.97 Å². The van der Waals surface area contributed by atoms with Gasteiger partial charge in [0.1, 0.15) is 12.9 Å². The van der Waals surface area contributed by atoms with E-state index in [0.29, 0.717) is 19.0 Å². The SMILES string of the molecule is Cc1cccc(COc2cc(CN)ncn2)c1. The molecule has 4 heteroatoms. The Morgan fingerprint density at radius 2 is 2.12 bits per heavy atom. The van der Waals surface area contributed by atoms with E-state index in [4.69, 9.17) is 10.5 Å². The van der Waals surface area contributed by atoms with Gasteiger partial charge in [-0.2, -0.15) is 0 Å². The van der Waals surface area contributed by atoms with Gasteiger partial charge < -0.3 is 10.5 Å². The highest BCUT2D eigenvalue weighted by Crippen LogP contribution is 2.10. The van der Waals surface area contributed by atoms with Crippen LogP contribution >= 0.6 is 0 Å². The zero-order chi connectivity index (χ0) is 12.1. The van der Waals surface area contributed by atoms with Crippen molar-refractivity contribution in [3.8, 4) is 5.88 Å². The van der Waals surface area contributed by atoms with E-state index >= 15 is 0 Å². The molecule has 0 spiro atoms. The van der Waals surface area contributed by atoms with Crippen molar-refractivity contribution in [2.75, 3.05) is 0 Å². The minimum Gasteiger partial charge on any atom is -0.473 e. The Labute approximate surface area is 100 Å². The third-order valence-electron chi connectivity index (χ3n) is 2.38. The average molecular weight is 229 g/mol. The monoisotopic (exact) mass is 229 g/mol. The maximum atomic E-state index is 5.58. The van der Waals surface area contributed by atoms with Crippen LogP contribution in [0.2, 0.25) is 0 Å². The summed E-state index contributed by atoms with van der Waals surface area (Å²) in [6, 6.07) is 9.94. The fourth-order valence-electron chi connectivity index (χ4n) is 1.53. The van der Waals surface area contributed by atoms with Gasteiger partial charge >= 0.3 is 0 Å². The van der Waals surface area contributed by atoms with Gasteiger partial charge in [0.2, 0.25) is 5.88 Å². The van der Waals surface area contributed by atoms with Crippen LogP contribution in [0.5, 0.6) is 5.88 Å². The highest BCUT2D eigenvalue weighted by atomic mass is 16.5. The summed E-state index contributed by atoms with van der Waals surface area (Å²) >= 11 is 0. The first-order valence-electron chi connectivity index (χ1n) is 5.47. The number of nitrogens with two attached hydrogens (primary N) is 1. The first-order chi connectivity index (χ1) is 8.28. The number of hydrogen-bond donors (Lipinski definition) is 1. The largest absolute Gasteiger partial charge is 0.473 e. The molecule has 0 atom stereocenters. The van der Waals surface area contributed by atoms with Gasteiger partial charge in [0.05, 0.1) is 5.69 Å². The Kier molecular flexibility index (Phi) is 3.67. The molecular weight excluding hydrogens is 214 g/mol. The van der Waals surface area contributed by atoms with E-state index < -0.39 is 0 Å². The normalized spacial score (nSPS) is 10.2. The van der Waals surface area contributed by atoms with Crippen molar-refractivity contribution in [3.63, 3.8) is 0 Å². The quantitative estimate of drug-likeness (QED) is 0.868. The number of nitrogens with zero attached hydrogens (tertiary/aromatic N) is 2. The number of ether oxygens (including phenoxy) is 1. The van der Waals surface area contributed by atoms with Crippen molar-refractivity contribution in [2.45, 2.75) is 20.1 Å². The lowest BCUT2D eigenvalue weighted by Crippen LogP contribution is -2.02. The second kappa shape index (κ2) is 5.41. The molecule has 2 rings (SSSR count). The predicted octanol–water partition coefficient (Wildman–Crippen LogP) is 1.82. The molecule has 0 bridgehead atoms. The van der Waals surface area contributed by atoms with E-state index in [1.165, 1.54) is 11.9 Å². The van der Waals surface area contributed by atoms with Gasteiger partial charge in [0, 0.05) is 12.6 Å². The van der Waals surface area contributed by atoms with Crippen LogP contribution in [0.25, 0.3) is 0 Å². The molecule has 0 radical (unpaired) electrons. The predicted molar refractivity (Wildman–Crippen MR) is 65.4 cm³/mol. The van der Waals surface area contributed by atoms with Gasteiger partial charge in [-0.05, 0) is 12.5 Å². The maximum Gasteiger partial charge on any atom is 0.216 e. The van der Waals surface area contributed by atoms with Crippen LogP contribution in [0.1, 0.15) is 16.8 Å². The van der Waals surface area contributed by atoms with Crippen molar-refractivity contribution in [2.24, 2.45) is 5.73 Å². The summed E-state index contributed by atoms with van der Waals surface area (Å²) < 4.78 is 5.58. The minimum atomic E-state index is 0.392. The highest BCUT2D eigenvalue weighted by Gasteiger charge is 1.99. The number of rotatable bonds is 4. The Morgan fingerprint density at radius 1 is 1.24 bits per heavy atom. The summed E-state index contributed by atoms with van der Waals surface area (Å²) in [5.41, 5.74) is 8.62. The molecule has 0 saturated carbocycles. The van der Waals surface area contributed by atoms with Gasteiger partial charge in [-0.3, -0.25) is 0 Å². The smallest absolute Gasteiger partial charge is 0.216 e. The Bertz CT molecular complexity index is 500. The van der Waals surface area contributed by atoms with E-state index in [9.17, 15) is 0 Å². The molecule has 17 heavy (non-hydrogen) atoms. The fourth-order valence-corrected chi connectivity index (χ4v) is 1.53. The second-order valence-corrected chi connectivity index (χ2v) is 3.83. The maximum absolute atomic E-state index is 5.58. The van der Waals surface area contributed by atoms with Crippen molar-refractivity contribution in [1.29, 1.82) is 0 Å². The number of aromatic nitrogens is 2. The fraction of sp³-hybridized carbons (Fsp3) is 0.231. The summed E-state index contributed by atoms with van der Waals surface area (Å²) in [6.07, 6.45) is 1.47. The topological polar surface area (TPSA) is 61.0 Å². The van der Waals surface area contributed by atoms with Crippen LogP contribution in [0, 0.1) is 6.92 Å². The molecule has 88 valence electrons. The molecule has 1 aromatic carbocycles. The van der Waals surface area contributed by atoms with Crippen molar-refractivity contribution in [3.05, 3.63) is 53.5 Å². The summed E-state index contributed by atoms with van der Waals surface area (Å²) in [7, 11) is 0. The van der Waals surface area contributed by atoms with Crippen LogP contribution in [-0.4, -0.2) is 9.97 Å². The molecule has 2 N–H and O–H groups in total. The third-order valence-corrected chi connectivity index (χ3v) is 2.38. The highest BCUT2D eigenvalue weighted by molar-refractivity contribution is 5.22. The molecule has 2 aromatic rings. The van der Waals surface area contributed by atoms with Crippen LogP contribution in [0.15, 0.2) is 36.7 Å². The van der Waals surface area contributed by atoms with Gasteiger partial charge in [0.25, 0.3) is 0 Å². The number of hydrogen-bond acceptors (Lipinski definition) is 4. The summed E-state index contributed by atoms with van der Waals surface area (Å²) in [6.45, 7) is 2.95. The summed E-state index contributed by atoms with van der Waals surface area (Å²) in [5, 5.41) is 0. The average Bonchev–Trinajstić information content (AvgIpc) is 2.37. The molecule has 4 nitrogen and oxygen atoms in total. The van der Waals surface area contributed by atoms with Crippen LogP contribution in [0.4, 0.5) is 0 Å². The number of benzene rings is 1. The number of aryl methyl sites for hydroxylation is 1. The Hall–Kier alpha value is -1.94. The molecule has 0 aliphatic carbocycles. The second-order valence-electron chi connectivity index (χ2n) is 3.83. The standard InChI is InChI=1S/C13H15N3O/c1-10-3-2-4-11(5-10)8-17-13-6-12(7-14)15-9-16-13/h2-6,9H,7-8,14H2,1H3. The van der Waals surface area contributed by atoms with Gasteiger partial charge in [0.15, 0.2) is 0 Å². The molecule has 0 aliphatic rings. The molecule has 0 fully saturated rings. The Balaban J connectivity index is 2.02. The van der Waals surface area contributed by atoms with Crippen LogP contribution < -0.4 is 10.5 Å². The molecule has 1 heterocycles. The Morgan fingerprint density at radius 3 is 2.88 bits per heavy atom. The lowest BCUT2D eigenvalue weighted by Gasteiger charge is -2.06. The zero-order valence-corrected chi connectivity index (χ0v) is 9.76. The first-order valence-corrected chi connectivity index (χ1v) is 5.47. The third kappa shape index (κ3) is 3.26. The van der Waals surface area contributed by atoms with E-state index in [2.05, 4.69) is 29.0 Å².